The highest BCUT2D eigenvalue weighted by Gasteiger charge is 2.17. The molecule has 102 valence electrons. The van der Waals surface area contributed by atoms with Crippen LogP contribution in [0.1, 0.15) is 24.1 Å². The Bertz CT molecular complexity index is 718. The third kappa shape index (κ3) is 2.64. The zero-order chi connectivity index (χ0) is 13.9. The lowest BCUT2D eigenvalue weighted by atomic mass is 9.97. The Morgan fingerprint density at radius 3 is 2.90 bits per heavy atom. The number of rotatable bonds is 4. The first-order chi connectivity index (χ1) is 9.79. The van der Waals surface area contributed by atoms with E-state index in [1.807, 2.05) is 12.4 Å². The van der Waals surface area contributed by atoms with E-state index in [0.29, 0.717) is 0 Å². The summed E-state index contributed by atoms with van der Waals surface area (Å²) in [6.07, 6.45) is 3.90. The number of thiophene rings is 1. The number of pyridine rings is 1. The van der Waals surface area contributed by atoms with Crippen molar-refractivity contribution in [3.63, 3.8) is 0 Å². The number of hydrogen-bond acceptors (Lipinski definition) is 3. The SMILES string of the molecule is CCNC(c1csc(Br)c1)c1cncc2ccccc12. The van der Waals surface area contributed by atoms with E-state index in [9.17, 15) is 0 Å². The average molecular weight is 347 g/mol. The first-order valence-corrected chi connectivity index (χ1v) is 8.27. The van der Waals surface area contributed by atoms with Crippen LogP contribution in [0.15, 0.2) is 51.9 Å². The van der Waals surface area contributed by atoms with Gasteiger partial charge < -0.3 is 5.32 Å². The van der Waals surface area contributed by atoms with Crippen molar-refractivity contribution in [3.8, 4) is 0 Å². The molecule has 3 rings (SSSR count). The molecular weight excluding hydrogens is 332 g/mol. The standard InChI is InChI=1S/C16H15BrN2S/c1-2-19-16(12-7-15(17)20-10-12)14-9-18-8-11-5-3-4-6-13(11)14/h3-10,16,19H,2H2,1H3. The van der Waals surface area contributed by atoms with Crippen molar-refractivity contribution in [1.82, 2.24) is 10.3 Å². The smallest absolute Gasteiger partial charge is 0.0701 e. The Labute approximate surface area is 131 Å². The van der Waals surface area contributed by atoms with Crippen LogP contribution in [0.2, 0.25) is 0 Å². The molecule has 0 saturated heterocycles. The van der Waals surface area contributed by atoms with Gasteiger partial charge in [-0.15, -0.1) is 11.3 Å². The van der Waals surface area contributed by atoms with Crippen molar-refractivity contribution in [2.45, 2.75) is 13.0 Å². The van der Waals surface area contributed by atoms with Crippen molar-refractivity contribution in [1.29, 1.82) is 0 Å². The number of hydrogen-bond donors (Lipinski definition) is 1. The van der Waals surface area contributed by atoms with Crippen molar-refractivity contribution in [2.75, 3.05) is 6.54 Å². The molecule has 0 bridgehead atoms. The zero-order valence-electron chi connectivity index (χ0n) is 11.1. The summed E-state index contributed by atoms with van der Waals surface area (Å²) in [6, 6.07) is 10.8. The molecule has 2 heterocycles. The third-order valence-corrected chi connectivity index (χ3v) is 4.86. The fourth-order valence-corrected chi connectivity index (χ4v) is 3.66. The van der Waals surface area contributed by atoms with E-state index in [4.69, 9.17) is 0 Å². The Hall–Kier alpha value is -1.23. The Balaban J connectivity index is 2.14. The highest BCUT2D eigenvalue weighted by atomic mass is 79.9. The molecule has 0 fully saturated rings. The molecule has 20 heavy (non-hydrogen) atoms. The van der Waals surface area contributed by atoms with Gasteiger partial charge in [0, 0.05) is 17.8 Å². The highest BCUT2D eigenvalue weighted by molar-refractivity contribution is 9.11. The lowest BCUT2D eigenvalue weighted by Gasteiger charge is -2.19. The van der Waals surface area contributed by atoms with Gasteiger partial charge in [0.1, 0.15) is 0 Å². The van der Waals surface area contributed by atoms with Crippen LogP contribution in [0.25, 0.3) is 10.8 Å². The van der Waals surface area contributed by atoms with Crippen LogP contribution in [0.5, 0.6) is 0 Å². The molecule has 2 nitrogen and oxygen atoms in total. The summed E-state index contributed by atoms with van der Waals surface area (Å²) in [7, 11) is 0. The molecule has 1 unspecified atom stereocenters. The van der Waals surface area contributed by atoms with E-state index in [-0.39, 0.29) is 6.04 Å². The van der Waals surface area contributed by atoms with Gasteiger partial charge in [0.05, 0.1) is 9.83 Å². The van der Waals surface area contributed by atoms with Gasteiger partial charge in [-0.25, -0.2) is 0 Å². The van der Waals surface area contributed by atoms with Crippen LogP contribution in [-0.2, 0) is 0 Å². The lowest BCUT2D eigenvalue weighted by molar-refractivity contribution is 0.634. The number of benzene rings is 1. The summed E-state index contributed by atoms with van der Waals surface area (Å²) in [4.78, 5) is 4.40. The Kier molecular flexibility index (Phi) is 4.15. The number of fused-ring (bicyclic) bond motifs is 1. The highest BCUT2D eigenvalue weighted by Crippen LogP contribution is 2.32. The summed E-state index contributed by atoms with van der Waals surface area (Å²) >= 11 is 5.26. The van der Waals surface area contributed by atoms with E-state index >= 15 is 0 Å². The number of halogens is 1. The van der Waals surface area contributed by atoms with Crippen molar-refractivity contribution >= 4 is 38.0 Å². The third-order valence-electron chi connectivity index (χ3n) is 3.34. The summed E-state index contributed by atoms with van der Waals surface area (Å²) in [5, 5.41) is 8.20. The van der Waals surface area contributed by atoms with Crippen LogP contribution < -0.4 is 5.32 Å². The van der Waals surface area contributed by atoms with Crippen molar-refractivity contribution in [2.24, 2.45) is 0 Å². The molecule has 0 spiro atoms. The molecule has 1 N–H and O–H groups in total. The largest absolute Gasteiger partial charge is 0.306 e. The van der Waals surface area contributed by atoms with Gasteiger partial charge in [-0.2, -0.15) is 0 Å². The van der Waals surface area contributed by atoms with E-state index in [0.717, 1.165) is 10.3 Å². The first kappa shape index (κ1) is 13.7. The summed E-state index contributed by atoms with van der Waals surface area (Å²) in [6.45, 7) is 3.05. The minimum absolute atomic E-state index is 0.182. The van der Waals surface area contributed by atoms with Crippen molar-refractivity contribution in [3.05, 3.63) is 63.0 Å². The van der Waals surface area contributed by atoms with E-state index in [1.165, 1.54) is 21.9 Å². The quantitative estimate of drug-likeness (QED) is 0.736. The molecule has 3 aromatic rings. The van der Waals surface area contributed by atoms with Crippen LogP contribution in [0.4, 0.5) is 0 Å². The molecular formula is C16H15BrN2S. The molecule has 2 aromatic heterocycles. The van der Waals surface area contributed by atoms with E-state index in [1.54, 1.807) is 11.3 Å². The number of nitrogens with one attached hydrogen (secondary N) is 1. The van der Waals surface area contributed by atoms with Gasteiger partial charge in [-0.3, -0.25) is 4.98 Å². The predicted molar refractivity (Wildman–Crippen MR) is 89.3 cm³/mol. The molecule has 4 heteroatoms. The molecule has 0 radical (unpaired) electrons. The number of aromatic nitrogens is 1. The summed E-state index contributed by atoms with van der Waals surface area (Å²) in [5.74, 6) is 0. The molecule has 0 aliphatic carbocycles. The molecule has 1 aromatic carbocycles. The summed E-state index contributed by atoms with van der Waals surface area (Å²) < 4.78 is 1.16. The molecule has 0 aliphatic heterocycles. The fourth-order valence-electron chi connectivity index (χ4n) is 2.46. The molecule has 0 aliphatic rings. The molecule has 0 amide bonds. The van der Waals surface area contributed by atoms with Crippen LogP contribution >= 0.6 is 27.3 Å². The molecule has 0 saturated carbocycles. The molecule has 1 atom stereocenters. The van der Waals surface area contributed by atoms with Crippen LogP contribution in [0, 0.1) is 0 Å². The monoisotopic (exact) mass is 346 g/mol. The first-order valence-electron chi connectivity index (χ1n) is 6.59. The second-order valence-electron chi connectivity index (χ2n) is 4.62. The van der Waals surface area contributed by atoms with Crippen LogP contribution in [0.3, 0.4) is 0 Å². The second kappa shape index (κ2) is 6.04. The average Bonchev–Trinajstić information content (AvgIpc) is 2.91. The van der Waals surface area contributed by atoms with Gasteiger partial charge >= 0.3 is 0 Å². The second-order valence-corrected chi connectivity index (χ2v) is 6.92. The van der Waals surface area contributed by atoms with E-state index in [2.05, 4.69) is 68.9 Å². The van der Waals surface area contributed by atoms with Gasteiger partial charge in [0.2, 0.25) is 0 Å². The maximum atomic E-state index is 4.40. The van der Waals surface area contributed by atoms with Gasteiger partial charge in [-0.05, 0) is 50.4 Å². The lowest BCUT2D eigenvalue weighted by Crippen LogP contribution is -2.21. The van der Waals surface area contributed by atoms with Crippen LogP contribution in [-0.4, -0.2) is 11.5 Å². The maximum Gasteiger partial charge on any atom is 0.0701 e. The van der Waals surface area contributed by atoms with Gasteiger partial charge in [0.25, 0.3) is 0 Å². The normalized spacial score (nSPS) is 12.7. The van der Waals surface area contributed by atoms with Gasteiger partial charge in [-0.1, -0.05) is 31.2 Å². The minimum Gasteiger partial charge on any atom is -0.306 e. The topological polar surface area (TPSA) is 24.9 Å². The summed E-state index contributed by atoms with van der Waals surface area (Å²) in [5.41, 5.74) is 2.51. The van der Waals surface area contributed by atoms with Gasteiger partial charge in [0.15, 0.2) is 0 Å². The Morgan fingerprint density at radius 2 is 2.15 bits per heavy atom. The maximum absolute atomic E-state index is 4.40. The predicted octanol–water partition coefficient (Wildman–Crippen LogP) is 4.76. The minimum atomic E-state index is 0.182. The Morgan fingerprint density at radius 1 is 1.30 bits per heavy atom. The number of nitrogens with zero attached hydrogens (tertiary/aromatic N) is 1. The fraction of sp³-hybridized carbons (Fsp3) is 0.188. The van der Waals surface area contributed by atoms with E-state index < -0.39 is 0 Å². The van der Waals surface area contributed by atoms with Crippen molar-refractivity contribution < 1.29 is 0 Å². The zero-order valence-corrected chi connectivity index (χ0v) is 13.5.